The van der Waals surface area contributed by atoms with Crippen molar-refractivity contribution in [2.75, 3.05) is 23.9 Å². The summed E-state index contributed by atoms with van der Waals surface area (Å²) in [5.41, 5.74) is 2.06. The third kappa shape index (κ3) is 4.90. The fourth-order valence-electron chi connectivity index (χ4n) is 2.46. The van der Waals surface area contributed by atoms with Crippen molar-refractivity contribution in [2.24, 2.45) is 0 Å². The average molecular weight is 395 g/mol. The highest BCUT2D eigenvalue weighted by atomic mass is 35.5. The van der Waals surface area contributed by atoms with Crippen molar-refractivity contribution in [3.63, 3.8) is 0 Å². The Bertz CT molecular complexity index is 824. The maximum atomic E-state index is 12.3. The summed E-state index contributed by atoms with van der Waals surface area (Å²) in [4.78, 5) is 25.7. The molecule has 0 unspecified atom stereocenters. The van der Waals surface area contributed by atoms with Crippen LogP contribution >= 0.6 is 23.2 Å². The molecule has 0 saturated carbocycles. The molecule has 138 valence electrons. The van der Waals surface area contributed by atoms with Gasteiger partial charge >= 0.3 is 0 Å². The Morgan fingerprint density at radius 2 is 1.88 bits per heavy atom. The molecule has 0 heterocycles. The summed E-state index contributed by atoms with van der Waals surface area (Å²) >= 11 is 12.2. The van der Waals surface area contributed by atoms with Crippen molar-refractivity contribution >= 4 is 46.4 Å². The molecule has 1 N–H and O–H groups in total. The Hall–Kier alpha value is -2.24. The first-order chi connectivity index (χ1) is 12.3. The molecule has 0 aliphatic carbocycles. The Labute approximate surface area is 162 Å². The Morgan fingerprint density at radius 3 is 2.50 bits per heavy atom. The fourth-order valence-corrected chi connectivity index (χ4v) is 2.89. The number of anilines is 2. The van der Waals surface area contributed by atoms with Crippen LogP contribution in [-0.4, -0.2) is 25.5 Å². The highest BCUT2D eigenvalue weighted by Crippen LogP contribution is 2.29. The van der Waals surface area contributed by atoms with Crippen LogP contribution < -0.4 is 15.0 Å². The zero-order chi connectivity index (χ0) is 19.3. The van der Waals surface area contributed by atoms with Gasteiger partial charge in [-0.1, -0.05) is 29.3 Å². The van der Waals surface area contributed by atoms with E-state index in [0.29, 0.717) is 27.2 Å². The maximum absolute atomic E-state index is 12.3. The second-order valence-corrected chi connectivity index (χ2v) is 6.51. The number of carbonyl (C=O) groups excluding carboxylic acids is 2. The van der Waals surface area contributed by atoms with E-state index in [-0.39, 0.29) is 24.8 Å². The monoisotopic (exact) mass is 394 g/mol. The van der Waals surface area contributed by atoms with Crippen LogP contribution in [0.1, 0.15) is 18.9 Å². The van der Waals surface area contributed by atoms with Crippen molar-refractivity contribution in [1.29, 1.82) is 0 Å². The zero-order valence-corrected chi connectivity index (χ0v) is 16.3. The topological polar surface area (TPSA) is 58.6 Å². The lowest BCUT2D eigenvalue weighted by molar-refractivity contribution is -0.117. The highest BCUT2D eigenvalue weighted by Gasteiger charge is 2.16. The van der Waals surface area contributed by atoms with E-state index in [1.165, 1.54) is 18.9 Å². The zero-order valence-electron chi connectivity index (χ0n) is 14.8. The second-order valence-electron chi connectivity index (χ2n) is 5.70. The maximum Gasteiger partial charge on any atom is 0.226 e. The highest BCUT2D eigenvalue weighted by molar-refractivity contribution is 6.32. The smallest absolute Gasteiger partial charge is 0.226 e. The predicted molar refractivity (Wildman–Crippen MR) is 105 cm³/mol. The molecule has 2 amide bonds. The molecule has 2 rings (SSSR count). The lowest BCUT2D eigenvalue weighted by atomic mass is 10.2. The molecule has 0 saturated heterocycles. The molecule has 7 heteroatoms. The van der Waals surface area contributed by atoms with Crippen LogP contribution in [-0.2, 0) is 9.59 Å². The van der Waals surface area contributed by atoms with Crippen molar-refractivity contribution in [1.82, 2.24) is 0 Å². The van der Waals surface area contributed by atoms with Crippen LogP contribution in [0.4, 0.5) is 11.4 Å². The van der Waals surface area contributed by atoms with E-state index in [4.69, 9.17) is 27.9 Å². The molecule has 0 spiro atoms. The quantitative estimate of drug-likeness (QED) is 0.772. The van der Waals surface area contributed by atoms with Gasteiger partial charge in [0.1, 0.15) is 5.75 Å². The van der Waals surface area contributed by atoms with Crippen LogP contribution in [0.25, 0.3) is 0 Å². The molecule has 0 aliphatic heterocycles. The molecule has 0 bridgehead atoms. The second kappa shape index (κ2) is 8.92. The SMILES string of the molecule is COc1ccc(N(CCC(=O)Nc2cccc(Cl)c2C)C(C)=O)cc1Cl. The van der Waals surface area contributed by atoms with E-state index in [1.807, 2.05) is 6.92 Å². The van der Waals surface area contributed by atoms with E-state index in [2.05, 4.69) is 5.32 Å². The molecule has 2 aromatic rings. The molecule has 2 aromatic carbocycles. The van der Waals surface area contributed by atoms with Gasteiger partial charge in [0.15, 0.2) is 0 Å². The number of halogens is 2. The van der Waals surface area contributed by atoms with Gasteiger partial charge in [0, 0.05) is 36.3 Å². The van der Waals surface area contributed by atoms with Crippen LogP contribution in [0, 0.1) is 6.92 Å². The van der Waals surface area contributed by atoms with E-state index in [1.54, 1.807) is 36.4 Å². The lowest BCUT2D eigenvalue weighted by Gasteiger charge is -2.22. The number of amides is 2. The van der Waals surface area contributed by atoms with E-state index < -0.39 is 0 Å². The first kappa shape index (κ1) is 20.1. The molecule has 26 heavy (non-hydrogen) atoms. The third-order valence-electron chi connectivity index (χ3n) is 3.93. The average Bonchev–Trinajstić information content (AvgIpc) is 2.59. The van der Waals surface area contributed by atoms with E-state index >= 15 is 0 Å². The van der Waals surface area contributed by atoms with Crippen molar-refractivity contribution < 1.29 is 14.3 Å². The molecule has 0 radical (unpaired) electrons. The molecule has 0 fully saturated rings. The number of methoxy groups -OCH3 is 1. The van der Waals surface area contributed by atoms with Crippen molar-refractivity contribution in [3.05, 3.63) is 52.0 Å². The third-order valence-corrected chi connectivity index (χ3v) is 4.64. The van der Waals surface area contributed by atoms with Gasteiger partial charge in [0.25, 0.3) is 0 Å². The lowest BCUT2D eigenvalue weighted by Crippen LogP contribution is -2.32. The number of hydrogen-bond acceptors (Lipinski definition) is 3. The number of nitrogens with zero attached hydrogens (tertiary/aromatic N) is 1. The standard InChI is InChI=1S/C19H20Cl2N2O3/c1-12-15(20)5-4-6-17(12)22-19(25)9-10-23(13(2)24)14-7-8-18(26-3)16(21)11-14/h4-8,11H,9-10H2,1-3H3,(H,22,25). The summed E-state index contributed by atoms with van der Waals surface area (Å²) in [6.07, 6.45) is 0.134. The number of benzene rings is 2. The molecule has 0 atom stereocenters. The number of carbonyl (C=O) groups is 2. The first-order valence-electron chi connectivity index (χ1n) is 8.00. The Balaban J connectivity index is 2.06. The minimum absolute atomic E-state index is 0.134. The van der Waals surface area contributed by atoms with Gasteiger partial charge in [-0.3, -0.25) is 9.59 Å². The summed E-state index contributed by atoms with van der Waals surface area (Å²) < 4.78 is 5.12. The predicted octanol–water partition coefficient (Wildman–Crippen LogP) is 4.69. The summed E-state index contributed by atoms with van der Waals surface area (Å²) in [5, 5.41) is 3.80. The fraction of sp³-hybridized carbons (Fsp3) is 0.263. The number of rotatable bonds is 6. The van der Waals surface area contributed by atoms with Gasteiger partial charge in [0.05, 0.1) is 12.1 Å². The van der Waals surface area contributed by atoms with Crippen LogP contribution in [0.5, 0.6) is 5.75 Å². The van der Waals surface area contributed by atoms with Crippen molar-refractivity contribution in [3.8, 4) is 5.75 Å². The van der Waals surface area contributed by atoms with Gasteiger partial charge in [-0.15, -0.1) is 0 Å². The van der Waals surface area contributed by atoms with E-state index in [9.17, 15) is 9.59 Å². The molecule has 0 aliphatic rings. The van der Waals surface area contributed by atoms with Crippen molar-refractivity contribution in [2.45, 2.75) is 20.3 Å². The van der Waals surface area contributed by atoms with Gasteiger partial charge in [-0.25, -0.2) is 0 Å². The summed E-state index contributed by atoms with van der Waals surface area (Å²) in [5.74, 6) is 0.132. The normalized spacial score (nSPS) is 10.3. The number of ether oxygens (including phenoxy) is 1. The number of nitrogens with one attached hydrogen (secondary N) is 1. The van der Waals surface area contributed by atoms with Gasteiger partial charge in [-0.2, -0.15) is 0 Å². The van der Waals surface area contributed by atoms with Gasteiger partial charge in [0.2, 0.25) is 11.8 Å². The Morgan fingerprint density at radius 1 is 1.15 bits per heavy atom. The summed E-state index contributed by atoms with van der Waals surface area (Å²) in [6.45, 7) is 3.50. The molecular formula is C19H20Cl2N2O3. The minimum Gasteiger partial charge on any atom is -0.495 e. The largest absolute Gasteiger partial charge is 0.495 e. The van der Waals surface area contributed by atoms with Gasteiger partial charge in [-0.05, 0) is 42.8 Å². The molecular weight excluding hydrogens is 375 g/mol. The summed E-state index contributed by atoms with van der Waals surface area (Å²) in [6, 6.07) is 10.4. The van der Waals surface area contributed by atoms with Crippen LogP contribution in [0.15, 0.2) is 36.4 Å². The summed E-state index contributed by atoms with van der Waals surface area (Å²) in [7, 11) is 1.52. The van der Waals surface area contributed by atoms with Gasteiger partial charge < -0.3 is 15.0 Å². The van der Waals surface area contributed by atoms with Crippen LogP contribution in [0.3, 0.4) is 0 Å². The molecule has 0 aromatic heterocycles. The first-order valence-corrected chi connectivity index (χ1v) is 8.75. The molecule has 5 nitrogen and oxygen atoms in total. The number of hydrogen-bond donors (Lipinski definition) is 1. The minimum atomic E-state index is -0.207. The van der Waals surface area contributed by atoms with Crippen LogP contribution in [0.2, 0.25) is 10.0 Å². The van der Waals surface area contributed by atoms with E-state index in [0.717, 1.165) is 5.56 Å². The Kier molecular flexibility index (Phi) is 6.89.